The Morgan fingerprint density at radius 2 is 2.04 bits per heavy atom. The minimum atomic E-state index is -0.649. The van der Waals surface area contributed by atoms with Crippen molar-refractivity contribution in [1.29, 1.82) is 0 Å². The molecule has 7 heteroatoms. The minimum absolute atomic E-state index is 0.167. The third-order valence-electron chi connectivity index (χ3n) is 4.13. The number of nitrogens with one attached hydrogen (secondary N) is 1. The summed E-state index contributed by atoms with van der Waals surface area (Å²) in [5, 5.41) is 3.41. The normalized spacial score (nSPS) is 16.6. The molecule has 0 aliphatic carbocycles. The molecule has 1 saturated heterocycles. The van der Waals surface area contributed by atoms with Crippen LogP contribution in [0.2, 0.25) is 5.02 Å². The monoisotopic (exact) mass is 436 g/mol. The van der Waals surface area contributed by atoms with Gasteiger partial charge < -0.3 is 15.0 Å². The molecule has 1 fully saturated rings. The zero-order valence-electron chi connectivity index (χ0n) is 14.0. The van der Waals surface area contributed by atoms with Crippen molar-refractivity contribution in [2.45, 2.75) is 6.42 Å². The topological polar surface area (TPSA) is 58.6 Å². The van der Waals surface area contributed by atoms with Gasteiger partial charge in [0, 0.05) is 21.7 Å². The Balaban J connectivity index is 1.48. The lowest BCUT2D eigenvalue weighted by atomic mass is 10.1. The van der Waals surface area contributed by atoms with Crippen molar-refractivity contribution in [2.24, 2.45) is 5.92 Å². The van der Waals surface area contributed by atoms with E-state index in [0.29, 0.717) is 36.9 Å². The van der Waals surface area contributed by atoms with E-state index in [9.17, 15) is 9.59 Å². The van der Waals surface area contributed by atoms with E-state index < -0.39 is 5.92 Å². The van der Waals surface area contributed by atoms with Crippen molar-refractivity contribution in [3.8, 4) is 5.75 Å². The molecule has 0 aromatic heterocycles. The number of ether oxygens (including phenoxy) is 1. The molecule has 1 heterocycles. The number of carbonyl (C=O) groups is 2. The molecule has 0 radical (unpaired) electrons. The molecule has 2 aromatic carbocycles. The Kier molecular flexibility index (Phi) is 6.16. The second-order valence-electron chi connectivity index (χ2n) is 5.90. The molecular weight excluding hydrogens is 420 g/mol. The SMILES string of the molecule is O=C(NCCOc1ccc(Cl)cc1)C1CCN(c2cccc(Br)c2)C1=O. The summed E-state index contributed by atoms with van der Waals surface area (Å²) in [4.78, 5) is 26.5. The fourth-order valence-electron chi connectivity index (χ4n) is 2.82. The van der Waals surface area contributed by atoms with Gasteiger partial charge >= 0.3 is 0 Å². The number of benzene rings is 2. The molecule has 1 atom stereocenters. The van der Waals surface area contributed by atoms with Crippen molar-refractivity contribution in [2.75, 3.05) is 24.6 Å². The van der Waals surface area contributed by atoms with Crippen LogP contribution < -0.4 is 15.0 Å². The van der Waals surface area contributed by atoms with Gasteiger partial charge in [0.1, 0.15) is 18.3 Å². The van der Waals surface area contributed by atoms with E-state index in [1.54, 1.807) is 29.2 Å². The number of halogens is 2. The lowest BCUT2D eigenvalue weighted by molar-refractivity contribution is -0.132. The highest BCUT2D eigenvalue weighted by atomic mass is 79.9. The second kappa shape index (κ2) is 8.56. The summed E-state index contributed by atoms with van der Waals surface area (Å²) in [6.07, 6.45) is 0.509. The molecule has 1 aliphatic heterocycles. The van der Waals surface area contributed by atoms with Gasteiger partial charge in [-0.2, -0.15) is 0 Å². The van der Waals surface area contributed by atoms with Crippen molar-refractivity contribution < 1.29 is 14.3 Å². The average Bonchev–Trinajstić information content (AvgIpc) is 3.01. The maximum atomic E-state index is 12.6. The molecule has 2 aromatic rings. The first kappa shape index (κ1) is 18.7. The predicted molar refractivity (Wildman–Crippen MR) is 105 cm³/mol. The molecule has 0 saturated carbocycles. The van der Waals surface area contributed by atoms with Crippen LogP contribution in [0, 0.1) is 5.92 Å². The summed E-state index contributed by atoms with van der Waals surface area (Å²) in [6.45, 7) is 1.19. The van der Waals surface area contributed by atoms with Gasteiger partial charge in [-0.1, -0.05) is 33.6 Å². The van der Waals surface area contributed by atoms with Gasteiger partial charge in [0.15, 0.2) is 0 Å². The fraction of sp³-hybridized carbons (Fsp3) is 0.263. The van der Waals surface area contributed by atoms with E-state index in [1.165, 1.54) is 0 Å². The average molecular weight is 438 g/mol. The highest BCUT2D eigenvalue weighted by molar-refractivity contribution is 9.10. The van der Waals surface area contributed by atoms with E-state index in [-0.39, 0.29) is 11.8 Å². The smallest absolute Gasteiger partial charge is 0.239 e. The summed E-state index contributed by atoms with van der Waals surface area (Å²) in [7, 11) is 0. The summed E-state index contributed by atoms with van der Waals surface area (Å²) < 4.78 is 6.43. The Morgan fingerprint density at radius 3 is 2.77 bits per heavy atom. The van der Waals surface area contributed by atoms with Crippen LogP contribution in [0.1, 0.15) is 6.42 Å². The molecule has 0 spiro atoms. The third kappa shape index (κ3) is 4.56. The Labute approximate surface area is 165 Å². The molecular formula is C19H18BrClN2O3. The number of anilines is 1. The maximum Gasteiger partial charge on any atom is 0.239 e. The summed E-state index contributed by atoms with van der Waals surface area (Å²) in [6, 6.07) is 14.5. The van der Waals surface area contributed by atoms with E-state index in [2.05, 4.69) is 21.2 Å². The van der Waals surface area contributed by atoms with Gasteiger partial charge in [-0.3, -0.25) is 9.59 Å². The molecule has 0 bridgehead atoms. The lowest BCUT2D eigenvalue weighted by Gasteiger charge is -2.17. The van der Waals surface area contributed by atoms with Crippen molar-refractivity contribution in [3.63, 3.8) is 0 Å². The number of amides is 2. The van der Waals surface area contributed by atoms with Crippen LogP contribution in [-0.4, -0.2) is 31.5 Å². The number of rotatable bonds is 6. The van der Waals surface area contributed by atoms with Crippen LogP contribution in [0.4, 0.5) is 5.69 Å². The van der Waals surface area contributed by atoms with Gasteiger partial charge in [0.25, 0.3) is 0 Å². The quantitative estimate of drug-likeness (QED) is 0.554. The van der Waals surface area contributed by atoms with Crippen LogP contribution in [-0.2, 0) is 9.59 Å². The predicted octanol–water partition coefficient (Wildman–Crippen LogP) is 3.65. The Hall–Kier alpha value is -2.05. The Bertz CT molecular complexity index is 798. The highest BCUT2D eigenvalue weighted by Crippen LogP contribution is 2.27. The zero-order valence-corrected chi connectivity index (χ0v) is 16.3. The fourth-order valence-corrected chi connectivity index (χ4v) is 3.33. The molecule has 1 aliphatic rings. The number of nitrogens with zero attached hydrogens (tertiary/aromatic N) is 1. The first-order valence-corrected chi connectivity index (χ1v) is 9.45. The Morgan fingerprint density at radius 1 is 1.27 bits per heavy atom. The van der Waals surface area contributed by atoms with Gasteiger partial charge in [-0.05, 0) is 48.9 Å². The summed E-state index contributed by atoms with van der Waals surface area (Å²) in [5.74, 6) is -0.391. The molecule has 2 amide bonds. The second-order valence-corrected chi connectivity index (χ2v) is 7.26. The maximum absolute atomic E-state index is 12.6. The van der Waals surface area contributed by atoms with E-state index in [1.807, 2.05) is 24.3 Å². The molecule has 5 nitrogen and oxygen atoms in total. The largest absolute Gasteiger partial charge is 0.492 e. The highest BCUT2D eigenvalue weighted by Gasteiger charge is 2.37. The van der Waals surface area contributed by atoms with Crippen molar-refractivity contribution >= 4 is 45.0 Å². The molecule has 1 N–H and O–H groups in total. The molecule has 26 heavy (non-hydrogen) atoms. The number of hydrogen-bond acceptors (Lipinski definition) is 3. The van der Waals surface area contributed by atoms with Gasteiger partial charge in [0.2, 0.25) is 11.8 Å². The van der Waals surface area contributed by atoms with E-state index in [0.717, 1.165) is 10.2 Å². The van der Waals surface area contributed by atoms with Crippen LogP contribution in [0.3, 0.4) is 0 Å². The minimum Gasteiger partial charge on any atom is -0.492 e. The van der Waals surface area contributed by atoms with Gasteiger partial charge in [-0.15, -0.1) is 0 Å². The van der Waals surface area contributed by atoms with Crippen molar-refractivity contribution in [3.05, 3.63) is 58.0 Å². The van der Waals surface area contributed by atoms with Gasteiger partial charge in [-0.25, -0.2) is 0 Å². The summed E-state index contributed by atoms with van der Waals surface area (Å²) in [5.41, 5.74) is 0.797. The summed E-state index contributed by atoms with van der Waals surface area (Å²) >= 11 is 9.21. The zero-order chi connectivity index (χ0) is 18.5. The first-order chi connectivity index (χ1) is 12.5. The van der Waals surface area contributed by atoms with Crippen molar-refractivity contribution in [1.82, 2.24) is 5.32 Å². The first-order valence-electron chi connectivity index (χ1n) is 8.27. The van der Waals surface area contributed by atoms with Crippen LogP contribution >= 0.6 is 27.5 Å². The molecule has 3 rings (SSSR count). The lowest BCUT2D eigenvalue weighted by Crippen LogP contribution is -2.38. The number of hydrogen-bond donors (Lipinski definition) is 1. The standard InChI is InChI=1S/C19H18BrClN2O3/c20-13-2-1-3-15(12-13)23-10-8-17(19(23)25)18(24)22-9-11-26-16-6-4-14(21)5-7-16/h1-7,12,17H,8-11H2,(H,22,24). The third-order valence-corrected chi connectivity index (χ3v) is 4.87. The molecule has 1 unspecified atom stereocenters. The van der Waals surface area contributed by atoms with Crippen LogP contribution in [0.15, 0.2) is 53.0 Å². The van der Waals surface area contributed by atoms with E-state index in [4.69, 9.17) is 16.3 Å². The number of carbonyl (C=O) groups excluding carboxylic acids is 2. The van der Waals surface area contributed by atoms with Crippen LogP contribution in [0.25, 0.3) is 0 Å². The molecule has 136 valence electrons. The van der Waals surface area contributed by atoms with Gasteiger partial charge in [0.05, 0.1) is 6.54 Å². The van der Waals surface area contributed by atoms with Crippen LogP contribution in [0.5, 0.6) is 5.75 Å². The van der Waals surface area contributed by atoms with E-state index >= 15 is 0 Å².